The van der Waals surface area contributed by atoms with Gasteiger partial charge in [-0.15, -0.1) is 0 Å². The molecule has 0 saturated heterocycles. The highest BCUT2D eigenvalue weighted by molar-refractivity contribution is 5.73. The molecule has 0 aliphatic heterocycles. The fraction of sp³-hybridized carbons (Fsp3) is 0.571. The first-order valence-corrected chi connectivity index (χ1v) is 3.14. The monoisotopic (exact) mass is 158 g/mol. The van der Waals surface area contributed by atoms with Crippen LogP contribution in [0.3, 0.4) is 0 Å². The zero-order valence-corrected chi connectivity index (χ0v) is 7.42. The minimum absolute atomic E-state index is 0.329. The normalized spacial score (nSPS) is 10.7. The van der Waals surface area contributed by atoms with Gasteiger partial charge in [-0.1, -0.05) is 0 Å². The van der Waals surface area contributed by atoms with Crippen LogP contribution < -0.4 is 0 Å². The Bertz CT molecular complexity index is 164. The van der Waals surface area contributed by atoms with Crippen LogP contribution in [0.15, 0.2) is 17.5 Å². The van der Waals surface area contributed by atoms with Gasteiger partial charge in [0.2, 0.25) is 5.88 Å². The zero-order chi connectivity index (χ0) is 8.85. The predicted octanol–water partition coefficient (Wildman–Crippen LogP) is 0.668. The van der Waals surface area contributed by atoms with Gasteiger partial charge in [0.1, 0.15) is 0 Å². The molecule has 0 spiro atoms. The molecular formula is C7H14N2O2. The summed E-state index contributed by atoms with van der Waals surface area (Å²) in [5.74, 6) is 0.329. The van der Waals surface area contributed by atoms with Crippen molar-refractivity contribution in [2.24, 2.45) is 4.99 Å². The van der Waals surface area contributed by atoms with E-state index < -0.39 is 0 Å². The highest BCUT2D eigenvalue weighted by Crippen LogP contribution is 1.95. The number of nitrogens with zero attached hydrogens (tertiary/aromatic N) is 2. The van der Waals surface area contributed by atoms with E-state index in [1.54, 1.807) is 12.0 Å². The summed E-state index contributed by atoms with van der Waals surface area (Å²) >= 11 is 0. The SMILES string of the molecule is C=C(N=C(OC)N(C)C)OC. The number of ether oxygens (including phenoxy) is 2. The third-order valence-corrected chi connectivity index (χ3v) is 1.02. The molecule has 0 fully saturated rings. The summed E-state index contributed by atoms with van der Waals surface area (Å²) < 4.78 is 9.66. The van der Waals surface area contributed by atoms with Gasteiger partial charge in [0, 0.05) is 14.1 Å². The van der Waals surface area contributed by atoms with Gasteiger partial charge in [0.25, 0.3) is 6.02 Å². The van der Waals surface area contributed by atoms with E-state index in [1.165, 1.54) is 7.11 Å². The van der Waals surface area contributed by atoms with E-state index in [0.717, 1.165) is 0 Å². The Morgan fingerprint density at radius 2 is 1.82 bits per heavy atom. The van der Waals surface area contributed by atoms with Crippen molar-refractivity contribution >= 4 is 6.02 Å². The Kier molecular flexibility index (Phi) is 4.10. The number of amidine groups is 1. The van der Waals surface area contributed by atoms with Gasteiger partial charge >= 0.3 is 0 Å². The zero-order valence-electron chi connectivity index (χ0n) is 7.42. The van der Waals surface area contributed by atoms with E-state index in [4.69, 9.17) is 9.47 Å². The number of methoxy groups -OCH3 is 2. The fourth-order valence-electron chi connectivity index (χ4n) is 0.481. The Balaban J connectivity index is 4.23. The van der Waals surface area contributed by atoms with Crippen molar-refractivity contribution in [1.29, 1.82) is 0 Å². The molecule has 0 aromatic rings. The Hall–Kier alpha value is -1.19. The molecule has 0 rings (SSSR count). The summed E-state index contributed by atoms with van der Waals surface area (Å²) in [5, 5.41) is 0. The van der Waals surface area contributed by atoms with Gasteiger partial charge in [0.15, 0.2) is 0 Å². The molecule has 0 saturated carbocycles. The molecule has 0 aromatic carbocycles. The van der Waals surface area contributed by atoms with Crippen molar-refractivity contribution in [3.8, 4) is 0 Å². The molecule has 0 heterocycles. The van der Waals surface area contributed by atoms with Crippen LogP contribution in [0.1, 0.15) is 0 Å². The summed E-state index contributed by atoms with van der Waals surface area (Å²) in [5.41, 5.74) is 0. The van der Waals surface area contributed by atoms with Gasteiger partial charge in [-0.2, -0.15) is 4.99 Å². The Morgan fingerprint density at radius 3 is 2.09 bits per heavy atom. The maximum absolute atomic E-state index is 4.92. The van der Waals surface area contributed by atoms with Crippen LogP contribution in [0.2, 0.25) is 0 Å². The second-order valence-corrected chi connectivity index (χ2v) is 2.09. The van der Waals surface area contributed by atoms with E-state index in [9.17, 15) is 0 Å². The van der Waals surface area contributed by atoms with Crippen molar-refractivity contribution in [3.63, 3.8) is 0 Å². The smallest absolute Gasteiger partial charge is 0.294 e. The number of aliphatic imine (C=N–C) groups is 1. The standard InChI is InChI=1S/C7H14N2O2/c1-6(10-4)8-7(11-5)9(2)3/h1H2,2-5H3. The minimum Gasteiger partial charge on any atom is -0.481 e. The second kappa shape index (κ2) is 4.60. The average molecular weight is 158 g/mol. The van der Waals surface area contributed by atoms with E-state index in [0.29, 0.717) is 11.9 Å². The lowest BCUT2D eigenvalue weighted by Crippen LogP contribution is -2.23. The van der Waals surface area contributed by atoms with Crippen molar-refractivity contribution in [1.82, 2.24) is 4.90 Å². The maximum atomic E-state index is 4.92. The summed E-state index contributed by atoms with van der Waals surface area (Å²) in [6.07, 6.45) is 0. The van der Waals surface area contributed by atoms with Gasteiger partial charge in [0.05, 0.1) is 14.2 Å². The lowest BCUT2D eigenvalue weighted by molar-refractivity contribution is 0.276. The lowest BCUT2D eigenvalue weighted by Gasteiger charge is -2.13. The van der Waals surface area contributed by atoms with Gasteiger partial charge in [-0.05, 0) is 6.58 Å². The second-order valence-electron chi connectivity index (χ2n) is 2.09. The number of rotatable bonds is 2. The largest absolute Gasteiger partial charge is 0.481 e. The molecule has 0 N–H and O–H groups in total. The van der Waals surface area contributed by atoms with Gasteiger partial charge in [-0.25, -0.2) is 0 Å². The summed E-state index contributed by atoms with van der Waals surface area (Å²) in [6, 6.07) is 0.469. The molecule has 0 aliphatic carbocycles. The van der Waals surface area contributed by atoms with E-state index in [1.807, 2.05) is 14.1 Å². The van der Waals surface area contributed by atoms with Crippen molar-refractivity contribution < 1.29 is 9.47 Å². The van der Waals surface area contributed by atoms with Crippen LogP contribution >= 0.6 is 0 Å². The third-order valence-electron chi connectivity index (χ3n) is 1.02. The predicted molar refractivity (Wildman–Crippen MR) is 44.3 cm³/mol. The maximum Gasteiger partial charge on any atom is 0.294 e. The molecule has 0 aliphatic rings. The van der Waals surface area contributed by atoms with Crippen LogP contribution in [0.4, 0.5) is 0 Å². The van der Waals surface area contributed by atoms with Gasteiger partial charge < -0.3 is 14.4 Å². The van der Waals surface area contributed by atoms with E-state index >= 15 is 0 Å². The Labute approximate surface area is 67.1 Å². The minimum atomic E-state index is 0.329. The van der Waals surface area contributed by atoms with Crippen LogP contribution in [-0.4, -0.2) is 39.2 Å². The van der Waals surface area contributed by atoms with Crippen molar-refractivity contribution in [3.05, 3.63) is 12.5 Å². The summed E-state index contributed by atoms with van der Waals surface area (Å²) in [7, 11) is 6.70. The first-order chi connectivity index (χ1) is 5.11. The highest BCUT2D eigenvalue weighted by atomic mass is 16.5. The molecule has 0 aromatic heterocycles. The molecular weight excluding hydrogens is 144 g/mol. The lowest BCUT2D eigenvalue weighted by atomic mass is 10.8. The third kappa shape index (κ3) is 3.50. The molecule has 0 bridgehead atoms. The molecule has 0 unspecified atom stereocenters. The summed E-state index contributed by atoms with van der Waals surface area (Å²) in [4.78, 5) is 5.64. The van der Waals surface area contributed by atoms with Crippen LogP contribution in [-0.2, 0) is 9.47 Å². The van der Waals surface area contributed by atoms with E-state index in [-0.39, 0.29) is 0 Å². The topological polar surface area (TPSA) is 34.1 Å². The van der Waals surface area contributed by atoms with E-state index in [2.05, 4.69) is 11.6 Å². The molecule has 0 amide bonds. The van der Waals surface area contributed by atoms with Crippen LogP contribution in [0.25, 0.3) is 0 Å². The molecule has 4 heteroatoms. The first-order valence-electron chi connectivity index (χ1n) is 3.14. The molecule has 0 radical (unpaired) electrons. The Morgan fingerprint density at radius 1 is 1.27 bits per heavy atom. The molecule has 0 atom stereocenters. The molecule has 64 valence electrons. The molecule has 11 heavy (non-hydrogen) atoms. The summed E-state index contributed by atoms with van der Waals surface area (Å²) in [6.45, 7) is 3.53. The fourth-order valence-corrected chi connectivity index (χ4v) is 0.481. The van der Waals surface area contributed by atoms with Crippen LogP contribution in [0.5, 0.6) is 0 Å². The first kappa shape index (κ1) is 9.81. The number of hydrogen-bond acceptors (Lipinski definition) is 3. The van der Waals surface area contributed by atoms with Crippen molar-refractivity contribution in [2.45, 2.75) is 0 Å². The molecule has 4 nitrogen and oxygen atoms in total. The van der Waals surface area contributed by atoms with Gasteiger partial charge in [-0.3, -0.25) is 0 Å². The highest BCUT2D eigenvalue weighted by Gasteiger charge is 2.00. The quantitative estimate of drug-likeness (QED) is 0.336. The average Bonchev–Trinajstić information content (AvgIpc) is 1.99. The van der Waals surface area contributed by atoms with Crippen molar-refractivity contribution in [2.75, 3.05) is 28.3 Å². The number of hydrogen-bond donors (Lipinski definition) is 0. The van der Waals surface area contributed by atoms with Crippen LogP contribution in [0, 0.1) is 0 Å².